The van der Waals surface area contributed by atoms with Gasteiger partial charge in [-0.2, -0.15) is 0 Å². The zero-order valence-corrected chi connectivity index (χ0v) is 14.7. The molecule has 1 aromatic heterocycles. The monoisotopic (exact) mass is 332 g/mol. The fourth-order valence-corrected chi connectivity index (χ4v) is 2.65. The molecule has 0 aliphatic rings. The van der Waals surface area contributed by atoms with E-state index in [1.165, 1.54) is 7.05 Å². The van der Waals surface area contributed by atoms with Crippen LogP contribution >= 0.6 is 0 Å². The summed E-state index contributed by atoms with van der Waals surface area (Å²) < 4.78 is 7.23. The predicted octanol–water partition coefficient (Wildman–Crippen LogP) is 3.04. The van der Waals surface area contributed by atoms with Crippen LogP contribution < -0.4 is 0 Å². The van der Waals surface area contributed by atoms with Gasteiger partial charge in [-0.15, -0.1) is 0 Å². The summed E-state index contributed by atoms with van der Waals surface area (Å²) in [5.41, 5.74) is 1.24. The van der Waals surface area contributed by atoms with E-state index in [0.29, 0.717) is 0 Å². The van der Waals surface area contributed by atoms with Crippen LogP contribution in [-0.2, 0) is 23.0 Å². The SMILES string of the molecule is CN(C(=O)OC(C)(C)C)[C@H](Cc1cn(C)c2ccccc12)C(=O)O. The minimum absolute atomic E-state index is 0.215. The Labute approximate surface area is 141 Å². The summed E-state index contributed by atoms with van der Waals surface area (Å²) in [5, 5.41) is 10.6. The van der Waals surface area contributed by atoms with Crippen LogP contribution in [0.2, 0.25) is 0 Å². The van der Waals surface area contributed by atoms with E-state index in [0.717, 1.165) is 21.4 Å². The van der Waals surface area contributed by atoms with Crippen LogP contribution in [0.3, 0.4) is 0 Å². The Morgan fingerprint density at radius 3 is 2.50 bits per heavy atom. The van der Waals surface area contributed by atoms with Crippen LogP contribution in [0.25, 0.3) is 10.9 Å². The molecule has 1 amide bonds. The van der Waals surface area contributed by atoms with Gasteiger partial charge < -0.3 is 14.4 Å². The van der Waals surface area contributed by atoms with E-state index >= 15 is 0 Å². The quantitative estimate of drug-likeness (QED) is 0.934. The molecule has 1 atom stereocenters. The fourth-order valence-electron chi connectivity index (χ4n) is 2.65. The van der Waals surface area contributed by atoms with Crippen molar-refractivity contribution >= 4 is 23.0 Å². The van der Waals surface area contributed by atoms with Crippen molar-refractivity contribution in [3.05, 3.63) is 36.0 Å². The van der Waals surface area contributed by atoms with Crippen molar-refractivity contribution in [1.82, 2.24) is 9.47 Å². The highest BCUT2D eigenvalue weighted by molar-refractivity contribution is 5.86. The Bertz CT molecular complexity index is 758. The van der Waals surface area contributed by atoms with Gasteiger partial charge in [0.2, 0.25) is 0 Å². The third-order valence-corrected chi connectivity index (χ3v) is 3.83. The average molecular weight is 332 g/mol. The molecule has 0 aliphatic heterocycles. The molecular weight excluding hydrogens is 308 g/mol. The molecule has 0 spiro atoms. The predicted molar refractivity (Wildman–Crippen MR) is 92.0 cm³/mol. The Kier molecular flexibility index (Phi) is 4.87. The Morgan fingerprint density at radius 2 is 1.92 bits per heavy atom. The molecule has 1 heterocycles. The molecule has 0 radical (unpaired) electrons. The number of ether oxygens (including phenoxy) is 1. The van der Waals surface area contributed by atoms with Gasteiger partial charge in [0.25, 0.3) is 0 Å². The van der Waals surface area contributed by atoms with Gasteiger partial charge in [0, 0.05) is 37.6 Å². The molecule has 0 fully saturated rings. The Morgan fingerprint density at radius 1 is 1.29 bits per heavy atom. The lowest BCUT2D eigenvalue weighted by Crippen LogP contribution is -2.46. The molecule has 130 valence electrons. The average Bonchev–Trinajstić information content (AvgIpc) is 2.79. The van der Waals surface area contributed by atoms with Crippen molar-refractivity contribution in [2.24, 2.45) is 7.05 Å². The maximum atomic E-state index is 12.2. The molecule has 24 heavy (non-hydrogen) atoms. The third-order valence-electron chi connectivity index (χ3n) is 3.83. The van der Waals surface area contributed by atoms with Gasteiger partial charge in [-0.1, -0.05) is 18.2 Å². The standard InChI is InChI=1S/C18H24N2O4/c1-18(2,3)24-17(23)20(5)15(16(21)22)10-12-11-19(4)14-9-7-6-8-13(12)14/h6-9,11,15H,10H2,1-5H3,(H,21,22)/t15-/m1/s1. The first-order chi connectivity index (χ1) is 11.1. The van der Waals surface area contributed by atoms with Gasteiger partial charge in [0.1, 0.15) is 11.6 Å². The van der Waals surface area contributed by atoms with Gasteiger partial charge in [-0.3, -0.25) is 4.90 Å². The summed E-state index contributed by atoms with van der Waals surface area (Å²) in [7, 11) is 3.37. The van der Waals surface area contributed by atoms with Crippen molar-refractivity contribution < 1.29 is 19.4 Å². The number of carbonyl (C=O) groups excluding carboxylic acids is 1. The molecule has 0 bridgehead atoms. The number of aromatic nitrogens is 1. The molecule has 6 heteroatoms. The van der Waals surface area contributed by atoms with Crippen molar-refractivity contribution in [3.63, 3.8) is 0 Å². The number of nitrogens with zero attached hydrogens (tertiary/aromatic N) is 2. The molecule has 0 aliphatic carbocycles. The zero-order valence-electron chi connectivity index (χ0n) is 14.7. The molecular formula is C18H24N2O4. The molecule has 6 nitrogen and oxygen atoms in total. The van der Waals surface area contributed by atoms with E-state index in [1.54, 1.807) is 20.8 Å². The molecule has 0 unspecified atom stereocenters. The van der Waals surface area contributed by atoms with E-state index in [2.05, 4.69) is 0 Å². The van der Waals surface area contributed by atoms with Gasteiger partial charge in [-0.25, -0.2) is 9.59 Å². The first-order valence-electron chi connectivity index (χ1n) is 7.81. The topological polar surface area (TPSA) is 71.8 Å². The third kappa shape index (κ3) is 3.88. The van der Waals surface area contributed by atoms with Crippen LogP contribution in [-0.4, -0.2) is 45.3 Å². The van der Waals surface area contributed by atoms with Crippen molar-refractivity contribution in [2.75, 3.05) is 7.05 Å². The number of hydrogen-bond acceptors (Lipinski definition) is 3. The lowest BCUT2D eigenvalue weighted by molar-refractivity contribution is -0.142. The Hall–Kier alpha value is -2.50. The molecule has 1 N–H and O–H groups in total. The first-order valence-corrected chi connectivity index (χ1v) is 7.81. The van der Waals surface area contributed by atoms with Crippen LogP contribution in [0.1, 0.15) is 26.3 Å². The smallest absolute Gasteiger partial charge is 0.410 e. The number of carboxylic acid groups (broad SMARTS) is 1. The Balaban J connectivity index is 2.28. The minimum Gasteiger partial charge on any atom is -0.480 e. The highest BCUT2D eigenvalue weighted by Gasteiger charge is 2.31. The number of aliphatic carboxylic acids is 1. The number of fused-ring (bicyclic) bond motifs is 1. The summed E-state index contributed by atoms with van der Waals surface area (Å²) in [6, 6.07) is 6.79. The second-order valence-electron chi connectivity index (χ2n) is 6.93. The highest BCUT2D eigenvalue weighted by Crippen LogP contribution is 2.23. The second-order valence-corrected chi connectivity index (χ2v) is 6.93. The number of aryl methyl sites for hydroxylation is 1. The van der Waals surface area contributed by atoms with Gasteiger partial charge in [-0.05, 0) is 32.4 Å². The lowest BCUT2D eigenvalue weighted by atomic mass is 10.0. The fraction of sp³-hybridized carbons (Fsp3) is 0.444. The number of carboxylic acids is 1. The minimum atomic E-state index is -1.06. The molecule has 0 saturated carbocycles. The molecule has 0 saturated heterocycles. The summed E-state index contributed by atoms with van der Waals surface area (Å²) in [5.74, 6) is -1.06. The van der Waals surface area contributed by atoms with Crippen LogP contribution in [0.4, 0.5) is 4.79 Å². The number of carbonyl (C=O) groups is 2. The maximum absolute atomic E-state index is 12.2. The summed E-state index contributed by atoms with van der Waals surface area (Å²) in [6.07, 6.45) is 1.48. The maximum Gasteiger partial charge on any atom is 0.410 e. The van der Waals surface area contributed by atoms with Crippen LogP contribution in [0.5, 0.6) is 0 Å². The number of likely N-dealkylation sites (N-methyl/N-ethyl adjacent to an activating group) is 1. The number of amides is 1. The number of rotatable bonds is 4. The van der Waals surface area contributed by atoms with Gasteiger partial charge >= 0.3 is 12.1 Å². The largest absolute Gasteiger partial charge is 0.480 e. The second kappa shape index (κ2) is 6.55. The van der Waals surface area contributed by atoms with E-state index in [-0.39, 0.29) is 6.42 Å². The summed E-state index contributed by atoms with van der Waals surface area (Å²) >= 11 is 0. The number of para-hydroxylation sites is 1. The summed E-state index contributed by atoms with van der Waals surface area (Å²) in [4.78, 5) is 25.0. The zero-order chi connectivity index (χ0) is 18.1. The highest BCUT2D eigenvalue weighted by atomic mass is 16.6. The van der Waals surface area contributed by atoms with Gasteiger partial charge in [0.15, 0.2) is 0 Å². The van der Waals surface area contributed by atoms with E-state index < -0.39 is 23.7 Å². The molecule has 1 aromatic carbocycles. The van der Waals surface area contributed by atoms with E-state index in [4.69, 9.17) is 4.74 Å². The van der Waals surface area contributed by atoms with Crippen molar-refractivity contribution in [2.45, 2.75) is 38.8 Å². The van der Waals surface area contributed by atoms with E-state index in [9.17, 15) is 14.7 Å². The van der Waals surface area contributed by atoms with Crippen LogP contribution in [0, 0.1) is 0 Å². The molecule has 2 aromatic rings. The van der Waals surface area contributed by atoms with Gasteiger partial charge in [0.05, 0.1) is 0 Å². The number of benzene rings is 1. The van der Waals surface area contributed by atoms with E-state index in [1.807, 2.05) is 42.1 Å². The molecule has 2 rings (SSSR count). The lowest BCUT2D eigenvalue weighted by Gasteiger charge is -2.28. The normalized spacial score (nSPS) is 12.9. The summed E-state index contributed by atoms with van der Waals surface area (Å²) in [6.45, 7) is 5.25. The first kappa shape index (κ1) is 17.8. The number of hydrogen-bond donors (Lipinski definition) is 1. The van der Waals surface area contributed by atoms with Crippen molar-refractivity contribution in [3.8, 4) is 0 Å². The van der Waals surface area contributed by atoms with Crippen LogP contribution in [0.15, 0.2) is 30.5 Å². The van der Waals surface area contributed by atoms with Crippen molar-refractivity contribution in [1.29, 1.82) is 0 Å².